The average Bonchev–Trinajstić information content (AvgIpc) is 2.36. The lowest BCUT2D eigenvalue weighted by Gasteiger charge is -2.20. The second-order valence-corrected chi connectivity index (χ2v) is 9.95. The lowest BCUT2D eigenvalue weighted by molar-refractivity contribution is 0.559. The summed E-state index contributed by atoms with van der Waals surface area (Å²) >= 11 is 0. The van der Waals surface area contributed by atoms with Crippen LogP contribution >= 0.6 is 0 Å². The number of nitrogens with zero attached hydrogens (tertiary/aromatic N) is 3. The van der Waals surface area contributed by atoms with Crippen molar-refractivity contribution in [2.75, 3.05) is 0 Å². The number of benzene rings is 1. The molecule has 4 nitrogen and oxygen atoms in total. The highest BCUT2D eigenvalue weighted by Crippen LogP contribution is 2.29. The molecule has 0 aliphatic rings. The second kappa shape index (κ2) is 5.96. The highest BCUT2D eigenvalue weighted by atomic mass is 28.4. The van der Waals surface area contributed by atoms with Gasteiger partial charge in [0.05, 0.1) is 23.8 Å². The predicted octanol–water partition coefficient (Wildman–Crippen LogP) is 3.75. The lowest BCUT2D eigenvalue weighted by Crippen LogP contribution is -2.29. The van der Waals surface area contributed by atoms with E-state index in [-0.39, 0.29) is 0 Å². The van der Waals surface area contributed by atoms with Crippen molar-refractivity contribution < 1.29 is 4.43 Å². The molecule has 0 bridgehead atoms. The molecule has 0 unspecified atom stereocenters. The van der Waals surface area contributed by atoms with E-state index in [1.165, 1.54) is 0 Å². The maximum Gasteiger partial charge on any atom is 0.242 e. The highest BCUT2D eigenvalue weighted by Gasteiger charge is 2.17. The van der Waals surface area contributed by atoms with E-state index in [0.29, 0.717) is 0 Å². The zero-order valence-corrected chi connectivity index (χ0v) is 13.3. The quantitative estimate of drug-likeness (QED) is 0.635. The molecule has 2 rings (SSSR count). The molecule has 1 aromatic heterocycles. The van der Waals surface area contributed by atoms with Crippen molar-refractivity contribution in [1.29, 1.82) is 0 Å². The Morgan fingerprint density at radius 2 is 1.90 bits per heavy atom. The van der Waals surface area contributed by atoms with Crippen molar-refractivity contribution in [2.45, 2.75) is 26.6 Å². The van der Waals surface area contributed by atoms with Crippen molar-refractivity contribution >= 4 is 20.2 Å². The molecule has 2 aromatic rings. The van der Waals surface area contributed by atoms with Gasteiger partial charge in [-0.25, -0.2) is 4.98 Å². The molecule has 0 amide bonds. The molecule has 0 aliphatic carbocycles. The molecular formula is C15H19N3OSi. The molecule has 20 heavy (non-hydrogen) atoms. The largest absolute Gasteiger partial charge is 0.543 e. The molecule has 104 valence electrons. The van der Waals surface area contributed by atoms with Gasteiger partial charge in [-0.05, 0) is 38.7 Å². The van der Waals surface area contributed by atoms with Gasteiger partial charge in [-0.15, -0.1) is 0 Å². The van der Waals surface area contributed by atoms with E-state index in [1.807, 2.05) is 31.2 Å². The number of hydrogen-bond donors (Lipinski definition) is 0. The van der Waals surface area contributed by atoms with Gasteiger partial charge in [0, 0.05) is 6.20 Å². The van der Waals surface area contributed by atoms with Gasteiger partial charge in [-0.2, -0.15) is 0 Å². The summed E-state index contributed by atoms with van der Waals surface area (Å²) in [5, 5.41) is 0. The van der Waals surface area contributed by atoms with Crippen LogP contribution in [0.25, 0.3) is 0 Å². The Kier molecular flexibility index (Phi) is 4.29. The van der Waals surface area contributed by atoms with E-state index in [1.54, 1.807) is 18.6 Å². The van der Waals surface area contributed by atoms with Gasteiger partial charge in [0.2, 0.25) is 8.32 Å². The Balaban J connectivity index is 2.25. The number of aryl methyl sites for hydroxylation is 1. The van der Waals surface area contributed by atoms with Gasteiger partial charge >= 0.3 is 0 Å². The van der Waals surface area contributed by atoms with Crippen LogP contribution in [0, 0.1) is 6.92 Å². The van der Waals surface area contributed by atoms with Crippen molar-refractivity contribution in [3.05, 3.63) is 48.0 Å². The summed E-state index contributed by atoms with van der Waals surface area (Å²) in [6.45, 7) is 8.37. The molecule has 0 spiro atoms. The SMILES string of the molecule is Cc1cncc(C=Nc2ccccc2O[Si](C)(C)C)n1. The molecule has 0 saturated heterocycles. The molecule has 0 atom stereocenters. The average molecular weight is 285 g/mol. The maximum absolute atomic E-state index is 6.03. The standard InChI is InChI=1S/C15H19N3OSi/c1-12-9-16-10-13(18-12)11-17-14-7-5-6-8-15(14)19-20(2,3)4/h5-11H,1-4H3. The number of rotatable bonds is 4. The van der Waals surface area contributed by atoms with E-state index in [2.05, 4.69) is 34.6 Å². The minimum atomic E-state index is -1.65. The fraction of sp³-hybridized carbons (Fsp3) is 0.267. The summed E-state index contributed by atoms with van der Waals surface area (Å²) in [5.41, 5.74) is 2.44. The number of hydrogen-bond acceptors (Lipinski definition) is 4. The molecular weight excluding hydrogens is 266 g/mol. The van der Waals surface area contributed by atoms with E-state index in [4.69, 9.17) is 4.43 Å². The van der Waals surface area contributed by atoms with Gasteiger partial charge in [0.15, 0.2) is 0 Å². The van der Waals surface area contributed by atoms with E-state index < -0.39 is 8.32 Å². The smallest absolute Gasteiger partial charge is 0.242 e. The van der Waals surface area contributed by atoms with Gasteiger partial charge in [-0.3, -0.25) is 9.98 Å². The molecule has 1 heterocycles. The van der Waals surface area contributed by atoms with Crippen molar-refractivity contribution in [3.8, 4) is 5.75 Å². The first-order chi connectivity index (χ1) is 9.44. The third-order valence-electron chi connectivity index (χ3n) is 2.39. The summed E-state index contributed by atoms with van der Waals surface area (Å²) in [4.78, 5) is 12.9. The predicted molar refractivity (Wildman–Crippen MR) is 84.4 cm³/mol. The number of para-hydroxylation sites is 2. The summed E-state index contributed by atoms with van der Waals surface area (Å²) in [6, 6.07) is 7.80. The molecule has 0 aliphatic heterocycles. The van der Waals surface area contributed by atoms with Crippen LogP contribution < -0.4 is 4.43 Å². The Morgan fingerprint density at radius 1 is 1.15 bits per heavy atom. The number of aliphatic imine (C=N–C) groups is 1. The molecule has 1 aromatic carbocycles. The fourth-order valence-electron chi connectivity index (χ4n) is 1.66. The summed E-state index contributed by atoms with van der Waals surface area (Å²) in [6.07, 6.45) is 5.13. The molecule has 5 heteroatoms. The van der Waals surface area contributed by atoms with E-state index >= 15 is 0 Å². The monoisotopic (exact) mass is 285 g/mol. The van der Waals surface area contributed by atoms with E-state index in [9.17, 15) is 0 Å². The Labute approximate surface area is 120 Å². The summed E-state index contributed by atoms with van der Waals surface area (Å²) < 4.78 is 6.03. The van der Waals surface area contributed by atoms with Crippen molar-refractivity contribution in [1.82, 2.24) is 9.97 Å². The maximum atomic E-state index is 6.03. The second-order valence-electron chi connectivity index (χ2n) is 5.53. The van der Waals surface area contributed by atoms with Crippen LogP contribution in [0.2, 0.25) is 19.6 Å². The van der Waals surface area contributed by atoms with Crippen LogP contribution in [0.15, 0.2) is 41.7 Å². The van der Waals surface area contributed by atoms with Crippen LogP contribution in [0.3, 0.4) is 0 Å². The third kappa shape index (κ3) is 4.27. The minimum absolute atomic E-state index is 0.743. The van der Waals surface area contributed by atoms with Gasteiger partial charge in [0.1, 0.15) is 11.4 Å². The van der Waals surface area contributed by atoms with Gasteiger partial charge < -0.3 is 4.43 Å². The Bertz CT molecular complexity index is 621. The fourth-order valence-corrected chi connectivity index (χ4v) is 2.49. The molecule has 0 N–H and O–H groups in total. The Hall–Kier alpha value is -2.01. The first-order valence-corrected chi connectivity index (χ1v) is 9.96. The normalized spacial score (nSPS) is 11.8. The zero-order valence-electron chi connectivity index (χ0n) is 12.3. The molecule has 0 saturated carbocycles. The van der Waals surface area contributed by atoms with Gasteiger partial charge in [0.25, 0.3) is 0 Å². The van der Waals surface area contributed by atoms with Crippen molar-refractivity contribution in [3.63, 3.8) is 0 Å². The zero-order chi connectivity index (χ0) is 14.6. The molecule has 0 fully saturated rings. The first-order valence-electron chi connectivity index (χ1n) is 6.55. The van der Waals surface area contributed by atoms with Crippen LogP contribution in [-0.4, -0.2) is 24.5 Å². The Morgan fingerprint density at radius 3 is 2.60 bits per heavy atom. The van der Waals surface area contributed by atoms with E-state index in [0.717, 1.165) is 22.8 Å². The third-order valence-corrected chi connectivity index (χ3v) is 3.22. The van der Waals surface area contributed by atoms with Crippen LogP contribution in [0.4, 0.5) is 5.69 Å². The number of aromatic nitrogens is 2. The minimum Gasteiger partial charge on any atom is -0.543 e. The topological polar surface area (TPSA) is 47.4 Å². The van der Waals surface area contributed by atoms with Gasteiger partial charge in [-0.1, -0.05) is 12.1 Å². The molecule has 0 radical (unpaired) electrons. The highest BCUT2D eigenvalue weighted by molar-refractivity contribution is 6.70. The summed E-state index contributed by atoms with van der Waals surface area (Å²) in [7, 11) is -1.65. The summed E-state index contributed by atoms with van der Waals surface area (Å²) in [5.74, 6) is 0.823. The first kappa shape index (κ1) is 14.4. The van der Waals surface area contributed by atoms with Crippen LogP contribution in [0.1, 0.15) is 11.4 Å². The van der Waals surface area contributed by atoms with Crippen molar-refractivity contribution in [2.24, 2.45) is 4.99 Å². The van der Waals surface area contributed by atoms with Crippen LogP contribution in [-0.2, 0) is 0 Å². The lowest BCUT2D eigenvalue weighted by atomic mass is 10.3. The van der Waals surface area contributed by atoms with Crippen LogP contribution in [0.5, 0.6) is 5.75 Å².